The van der Waals surface area contributed by atoms with E-state index in [4.69, 9.17) is 9.10 Å². The van der Waals surface area contributed by atoms with Gasteiger partial charge in [-0.05, 0) is 34.4 Å². The largest absolute Gasteiger partial charge is 0.292 e. The Morgan fingerprint density at radius 1 is 0.759 bits per heavy atom. The van der Waals surface area contributed by atoms with E-state index in [1.165, 1.54) is 5.39 Å². The van der Waals surface area contributed by atoms with Crippen molar-refractivity contribution in [2.75, 3.05) is 0 Å². The topological polar surface area (TPSA) is 17.3 Å². The summed E-state index contributed by atoms with van der Waals surface area (Å²) in [6.07, 6.45) is 1.91. The van der Waals surface area contributed by atoms with E-state index in [1.54, 1.807) is 6.92 Å². The molecule has 5 rings (SSSR count). The second-order valence-corrected chi connectivity index (χ2v) is 8.05. The molecular formula is C27H26N2. The zero-order chi connectivity index (χ0) is 22.6. The van der Waals surface area contributed by atoms with Crippen LogP contribution in [0.2, 0.25) is 0 Å². The molecule has 0 fully saturated rings. The van der Waals surface area contributed by atoms with Gasteiger partial charge in [-0.1, -0.05) is 88.3 Å². The minimum Gasteiger partial charge on any atom is -0.292 e. The van der Waals surface area contributed by atoms with Crippen molar-refractivity contribution >= 4 is 27.3 Å². The molecule has 0 radical (unpaired) electrons. The summed E-state index contributed by atoms with van der Waals surface area (Å²) >= 11 is 0. The van der Waals surface area contributed by atoms with Crippen molar-refractivity contribution in [3.63, 3.8) is 0 Å². The average Bonchev–Trinajstić information content (AvgIpc) is 3.23. The van der Waals surface area contributed by atoms with Crippen molar-refractivity contribution in [1.29, 1.82) is 0 Å². The molecule has 0 amide bonds. The summed E-state index contributed by atoms with van der Waals surface area (Å²) in [4.78, 5) is 4.86. The second-order valence-electron chi connectivity index (χ2n) is 8.05. The molecule has 0 aliphatic heterocycles. The molecule has 0 spiro atoms. The molecular weight excluding hydrogens is 352 g/mol. The van der Waals surface area contributed by atoms with Gasteiger partial charge in [-0.3, -0.25) is 4.40 Å². The molecule has 0 aliphatic rings. The van der Waals surface area contributed by atoms with E-state index >= 15 is 0 Å². The monoisotopic (exact) mass is 381 g/mol. The second kappa shape index (κ2) is 6.73. The quantitative estimate of drug-likeness (QED) is 0.295. The maximum atomic E-state index is 8.09. The van der Waals surface area contributed by atoms with Crippen molar-refractivity contribution in [3.05, 3.63) is 84.1 Å². The van der Waals surface area contributed by atoms with Crippen LogP contribution < -0.4 is 0 Å². The molecule has 0 N–H and O–H groups in total. The van der Waals surface area contributed by atoms with E-state index in [-0.39, 0.29) is 5.92 Å². The molecule has 5 aromatic rings. The number of pyridine rings is 1. The lowest BCUT2D eigenvalue weighted by Gasteiger charge is -2.20. The van der Waals surface area contributed by atoms with Gasteiger partial charge in [0.2, 0.25) is 0 Å². The molecule has 1 atom stereocenters. The van der Waals surface area contributed by atoms with Crippen LogP contribution in [0.25, 0.3) is 38.6 Å². The van der Waals surface area contributed by atoms with Gasteiger partial charge >= 0.3 is 0 Å². The van der Waals surface area contributed by atoms with Gasteiger partial charge in [-0.25, -0.2) is 4.98 Å². The maximum Gasteiger partial charge on any atom is 0.145 e. The number of para-hydroxylation sites is 1. The minimum absolute atomic E-state index is 0.242. The third-order valence-corrected chi connectivity index (χ3v) is 5.84. The third-order valence-electron chi connectivity index (χ3n) is 5.84. The van der Waals surface area contributed by atoms with E-state index in [0.717, 1.165) is 44.3 Å². The number of benzene rings is 3. The van der Waals surface area contributed by atoms with Gasteiger partial charge in [0.15, 0.2) is 0 Å². The lowest BCUT2D eigenvalue weighted by atomic mass is 9.87. The molecule has 29 heavy (non-hydrogen) atoms. The van der Waals surface area contributed by atoms with Gasteiger partial charge < -0.3 is 0 Å². The standard InChI is InChI=1S/C27H26N2/c1-17(2)19-13-9-14-20(18(3)4)26(19)25-16-28-27-23-12-6-5-10-21(23)22-11-7-8-15-24(22)29(25)27/h5-18H,1-4H3/i1D3. The Morgan fingerprint density at radius 2 is 1.41 bits per heavy atom. The highest BCUT2D eigenvalue weighted by atomic mass is 15.0. The summed E-state index contributed by atoms with van der Waals surface area (Å²) in [5.74, 6) is -0.348. The van der Waals surface area contributed by atoms with Gasteiger partial charge in [0.1, 0.15) is 5.65 Å². The number of imidazole rings is 1. The van der Waals surface area contributed by atoms with Crippen molar-refractivity contribution in [2.24, 2.45) is 0 Å². The van der Waals surface area contributed by atoms with Crippen LogP contribution in [0.4, 0.5) is 0 Å². The van der Waals surface area contributed by atoms with E-state index < -0.39 is 12.8 Å². The van der Waals surface area contributed by atoms with Crippen LogP contribution in [0, 0.1) is 0 Å². The Labute approximate surface area is 176 Å². The Hall–Kier alpha value is -3.13. The number of fused-ring (bicyclic) bond motifs is 6. The molecule has 144 valence electrons. The van der Waals surface area contributed by atoms with Crippen LogP contribution in [0.5, 0.6) is 0 Å². The first kappa shape index (κ1) is 14.8. The van der Waals surface area contributed by atoms with Gasteiger partial charge in [-0.2, -0.15) is 0 Å². The number of aromatic nitrogens is 2. The summed E-state index contributed by atoms with van der Waals surface area (Å²) in [5.41, 5.74) is 5.87. The Kier molecular flexibility index (Phi) is 3.44. The van der Waals surface area contributed by atoms with Gasteiger partial charge in [0, 0.05) is 20.4 Å². The smallest absolute Gasteiger partial charge is 0.145 e. The molecule has 2 heteroatoms. The first-order valence-electron chi connectivity index (χ1n) is 11.7. The molecule has 0 saturated carbocycles. The molecule has 3 aromatic carbocycles. The minimum atomic E-state index is -2.08. The van der Waals surface area contributed by atoms with Crippen LogP contribution in [-0.2, 0) is 0 Å². The number of hydrogen-bond acceptors (Lipinski definition) is 1. The Morgan fingerprint density at radius 3 is 2.14 bits per heavy atom. The Bertz CT molecular complexity index is 1460. The first-order valence-corrected chi connectivity index (χ1v) is 10.2. The maximum absolute atomic E-state index is 8.09. The predicted molar refractivity (Wildman–Crippen MR) is 124 cm³/mol. The number of nitrogens with zero attached hydrogens (tertiary/aromatic N) is 2. The van der Waals surface area contributed by atoms with Gasteiger partial charge in [0.25, 0.3) is 0 Å². The summed E-state index contributed by atoms with van der Waals surface area (Å²) in [7, 11) is 0. The molecule has 2 heterocycles. The van der Waals surface area contributed by atoms with Crippen molar-refractivity contribution in [3.8, 4) is 11.3 Å². The lowest BCUT2D eigenvalue weighted by molar-refractivity contribution is 0.836. The average molecular weight is 382 g/mol. The van der Waals surface area contributed by atoms with Crippen LogP contribution in [0.1, 0.15) is 54.7 Å². The zero-order valence-electron chi connectivity index (χ0n) is 20.0. The molecule has 2 nitrogen and oxygen atoms in total. The zero-order valence-corrected chi connectivity index (χ0v) is 17.0. The summed E-state index contributed by atoms with van der Waals surface area (Å²) in [6.45, 7) is 4.02. The predicted octanol–water partition coefficient (Wildman–Crippen LogP) is 7.55. The van der Waals surface area contributed by atoms with Gasteiger partial charge in [-0.15, -0.1) is 0 Å². The van der Waals surface area contributed by atoms with E-state index in [0.29, 0.717) is 0 Å². The highest BCUT2D eigenvalue weighted by molar-refractivity contribution is 6.12. The van der Waals surface area contributed by atoms with Crippen LogP contribution >= 0.6 is 0 Å². The number of hydrogen-bond donors (Lipinski definition) is 0. The van der Waals surface area contributed by atoms with Gasteiger partial charge in [0.05, 0.1) is 17.4 Å². The summed E-state index contributed by atoms with van der Waals surface area (Å²) < 4.78 is 26.5. The fraction of sp³-hybridized carbons (Fsp3) is 0.222. The van der Waals surface area contributed by atoms with Crippen LogP contribution in [-0.4, -0.2) is 9.38 Å². The third kappa shape index (κ3) is 2.66. The fourth-order valence-corrected chi connectivity index (χ4v) is 4.50. The summed E-state index contributed by atoms with van der Waals surface area (Å²) in [6, 6.07) is 22.7. The fourth-order valence-electron chi connectivity index (χ4n) is 4.50. The molecule has 0 aliphatic carbocycles. The summed E-state index contributed by atoms with van der Waals surface area (Å²) in [5, 5.41) is 3.41. The highest BCUT2D eigenvalue weighted by Gasteiger charge is 2.20. The van der Waals surface area contributed by atoms with Crippen LogP contribution in [0.15, 0.2) is 72.9 Å². The molecule has 0 saturated heterocycles. The van der Waals surface area contributed by atoms with E-state index in [1.807, 2.05) is 30.5 Å². The van der Waals surface area contributed by atoms with Crippen molar-refractivity contribution < 1.29 is 4.11 Å². The van der Waals surface area contributed by atoms with Crippen molar-refractivity contribution in [1.82, 2.24) is 9.38 Å². The SMILES string of the molecule is [2H]C([2H])([2H])C(C)c1cccc(C(C)C)c1-c1cnc2c3ccccc3c3ccccc3n12. The molecule has 2 aromatic heterocycles. The van der Waals surface area contributed by atoms with Crippen molar-refractivity contribution in [2.45, 2.75) is 39.5 Å². The highest BCUT2D eigenvalue weighted by Crippen LogP contribution is 2.39. The van der Waals surface area contributed by atoms with E-state index in [9.17, 15) is 0 Å². The van der Waals surface area contributed by atoms with Crippen LogP contribution in [0.3, 0.4) is 0 Å². The Balaban J connectivity index is 1.96. The molecule has 1 unspecified atom stereocenters. The molecule has 0 bridgehead atoms. The first-order chi connectivity index (χ1) is 15.3. The lowest BCUT2D eigenvalue weighted by Crippen LogP contribution is -2.02. The van der Waals surface area contributed by atoms with E-state index in [2.05, 4.69) is 60.7 Å². The number of rotatable bonds is 3. The normalized spacial score (nSPS) is 15.0.